The highest BCUT2D eigenvalue weighted by Crippen LogP contribution is 2.29. The van der Waals surface area contributed by atoms with E-state index in [0.29, 0.717) is 6.54 Å². The maximum atomic E-state index is 12.1. The Balaban J connectivity index is 1.55. The second-order valence-electron chi connectivity index (χ2n) is 5.46. The van der Waals surface area contributed by atoms with Crippen LogP contribution in [0.5, 0.6) is 0 Å². The maximum absolute atomic E-state index is 12.1. The van der Waals surface area contributed by atoms with Crippen molar-refractivity contribution in [2.45, 2.75) is 31.9 Å². The molecule has 0 fully saturated rings. The van der Waals surface area contributed by atoms with Gasteiger partial charge >= 0.3 is 0 Å². The molecule has 2 atom stereocenters. The molecule has 0 aliphatic heterocycles. The summed E-state index contributed by atoms with van der Waals surface area (Å²) in [4.78, 5) is 14.1. The van der Waals surface area contributed by atoms with Gasteiger partial charge in [-0.25, -0.2) is 0 Å². The number of aliphatic hydroxyl groups excluding tert-OH is 1. The minimum absolute atomic E-state index is 0.112. The predicted molar refractivity (Wildman–Crippen MR) is 91.0 cm³/mol. The summed E-state index contributed by atoms with van der Waals surface area (Å²) in [6.45, 7) is 0.542. The number of aliphatic hydroxyl groups is 1. The lowest BCUT2D eigenvalue weighted by atomic mass is 9.94. The first-order valence-corrected chi connectivity index (χ1v) is 9.21. The van der Waals surface area contributed by atoms with Crippen LogP contribution in [0.1, 0.15) is 40.7 Å². The van der Waals surface area contributed by atoms with Gasteiger partial charge in [-0.15, -0.1) is 11.3 Å². The van der Waals surface area contributed by atoms with Crippen molar-refractivity contribution < 1.29 is 9.90 Å². The Labute approximate surface area is 138 Å². The number of allylic oxidation sites excluding steroid dienone is 2. The third-order valence-corrected chi connectivity index (χ3v) is 5.73. The van der Waals surface area contributed by atoms with Crippen molar-refractivity contribution in [3.63, 3.8) is 0 Å². The van der Waals surface area contributed by atoms with Gasteiger partial charge < -0.3 is 10.4 Å². The summed E-state index contributed by atoms with van der Waals surface area (Å²) in [6.07, 6.45) is 6.45. The van der Waals surface area contributed by atoms with Crippen LogP contribution in [-0.4, -0.2) is 11.0 Å². The first kappa shape index (κ1) is 15.5. The zero-order chi connectivity index (χ0) is 15.4. The van der Waals surface area contributed by atoms with E-state index in [1.165, 1.54) is 0 Å². The van der Waals surface area contributed by atoms with E-state index in [9.17, 15) is 9.90 Å². The van der Waals surface area contributed by atoms with Crippen LogP contribution in [-0.2, 0) is 11.3 Å². The normalized spacial score (nSPS) is 19.0. The predicted octanol–water partition coefficient (Wildman–Crippen LogP) is 3.86. The summed E-state index contributed by atoms with van der Waals surface area (Å²) in [7, 11) is 0. The zero-order valence-corrected chi connectivity index (χ0v) is 13.8. The minimum atomic E-state index is -0.566. The Morgan fingerprint density at radius 3 is 3.00 bits per heavy atom. The molecule has 0 saturated heterocycles. The molecule has 0 aromatic carbocycles. The molecule has 3 nitrogen and oxygen atoms in total. The van der Waals surface area contributed by atoms with Crippen molar-refractivity contribution >= 4 is 28.6 Å². The monoisotopic (exact) mass is 333 g/mol. The molecule has 2 N–H and O–H groups in total. The van der Waals surface area contributed by atoms with Gasteiger partial charge in [-0.2, -0.15) is 11.3 Å². The number of nitrogens with one attached hydrogen (secondary N) is 1. The van der Waals surface area contributed by atoms with Gasteiger partial charge in [0.25, 0.3) is 0 Å². The van der Waals surface area contributed by atoms with E-state index < -0.39 is 6.10 Å². The molecule has 3 rings (SSSR count). The van der Waals surface area contributed by atoms with E-state index in [1.807, 2.05) is 29.0 Å². The van der Waals surface area contributed by atoms with Crippen molar-refractivity contribution in [3.05, 3.63) is 56.4 Å². The lowest BCUT2D eigenvalue weighted by Gasteiger charge is -2.16. The van der Waals surface area contributed by atoms with Crippen LogP contribution in [0.25, 0.3) is 0 Å². The number of hydrogen-bond acceptors (Lipinski definition) is 4. The largest absolute Gasteiger partial charge is 0.383 e. The molecule has 0 bridgehead atoms. The summed E-state index contributed by atoms with van der Waals surface area (Å²) >= 11 is 3.14. The van der Waals surface area contributed by atoms with Crippen molar-refractivity contribution in [1.82, 2.24) is 5.32 Å². The molecule has 1 aliphatic carbocycles. The van der Waals surface area contributed by atoms with Gasteiger partial charge in [0.15, 0.2) is 0 Å². The highest BCUT2D eigenvalue weighted by Gasteiger charge is 2.19. The summed E-state index contributed by atoms with van der Waals surface area (Å²) in [5.74, 6) is 0.249. The van der Waals surface area contributed by atoms with E-state index in [2.05, 4.69) is 17.5 Å². The molecule has 22 heavy (non-hydrogen) atoms. The summed E-state index contributed by atoms with van der Waals surface area (Å²) < 4.78 is 0. The molecule has 0 saturated carbocycles. The topological polar surface area (TPSA) is 49.3 Å². The SMILES string of the molecule is O=C(NCc1ccc([C@H](O)c2ccsc2)s1)[C@@H]1CC=CCC1. The van der Waals surface area contributed by atoms with Gasteiger partial charge in [0, 0.05) is 15.7 Å². The van der Waals surface area contributed by atoms with E-state index >= 15 is 0 Å². The number of thiophene rings is 2. The molecule has 2 heterocycles. The third-order valence-electron chi connectivity index (χ3n) is 3.89. The Morgan fingerprint density at radius 2 is 2.27 bits per heavy atom. The number of carbonyl (C=O) groups excluding carboxylic acids is 1. The fourth-order valence-electron chi connectivity index (χ4n) is 2.58. The second kappa shape index (κ2) is 7.22. The fraction of sp³-hybridized carbons (Fsp3) is 0.353. The Bertz CT molecular complexity index is 645. The van der Waals surface area contributed by atoms with Crippen LogP contribution >= 0.6 is 22.7 Å². The molecular weight excluding hydrogens is 314 g/mol. The van der Waals surface area contributed by atoms with E-state index in [-0.39, 0.29) is 11.8 Å². The van der Waals surface area contributed by atoms with Gasteiger partial charge in [-0.1, -0.05) is 12.2 Å². The Kier molecular flexibility index (Phi) is 5.08. The molecule has 0 radical (unpaired) electrons. The van der Waals surface area contributed by atoms with Crippen molar-refractivity contribution in [2.75, 3.05) is 0 Å². The van der Waals surface area contributed by atoms with Gasteiger partial charge in [-0.05, 0) is 53.8 Å². The summed E-state index contributed by atoms with van der Waals surface area (Å²) in [5.41, 5.74) is 0.927. The van der Waals surface area contributed by atoms with Crippen LogP contribution in [0.3, 0.4) is 0 Å². The summed E-state index contributed by atoms with van der Waals surface area (Å²) in [5, 5.41) is 17.2. The van der Waals surface area contributed by atoms with Gasteiger partial charge in [0.1, 0.15) is 6.10 Å². The minimum Gasteiger partial charge on any atom is -0.383 e. The van der Waals surface area contributed by atoms with Crippen molar-refractivity contribution in [3.8, 4) is 0 Å². The number of carbonyl (C=O) groups is 1. The molecule has 2 aromatic rings. The molecule has 5 heteroatoms. The number of rotatable bonds is 5. The second-order valence-corrected chi connectivity index (χ2v) is 7.44. The van der Waals surface area contributed by atoms with Crippen LogP contribution in [0, 0.1) is 5.92 Å². The molecule has 0 spiro atoms. The number of hydrogen-bond donors (Lipinski definition) is 2. The van der Waals surface area contributed by atoms with E-state index in [0.717, 1.165) is 34.6 Å². The first-order chi connectivity index (χ1) is 10.7. The van der Waals surface area contributed by atoms with Crippen LogP contribution in [0.15, 0.2) is 41.1 Å². The smallest absolute Gasteiger partial charge is 0.223 e. The molecule has 1 amide bonds. The molecular formula is C17H19NO2S2. The molecule has 0 unspecified atom stereocenters. The van der Waals surface area contributed by atoms with Crippen LogP contribution < -0.4 is 5.32 Å². The summed E-state index contributed by atoms with van der Waals surface area (Å²) in [6, 6.07) is 5.86. The lowest BCUT2D eigenvalue weighted by Crippen LogP contribution is -2.30. The molecule has 2 aromatic heterocycles. The highest BCUT2D eigenvalue weighted by molar-refractivity contribution is 7.12. The van der Waals surface area contributed by atoms with Gasteiger partial charge in [0.2, 0.25) is 5.91 Å². The Morgan fingerprint density at radius 1 is 1.36 bits per heavy atom. The van der Waals surface area contributed by atoms with Crippen LogP contribution in [0.2, 0.25) is 0 Å². The highest BCUT2D eigenvalue weighted by atomic mass is 32.1. The quantitative estimate of drug-likeness (QED) is 0.816. The third kappa shape index (κ3) is 3.66. The average Bonchev–Trinajstić information content (AvgIpc) is 3.24. The fourth-order valence-corrected chi connectivity index (χ4v) is 4.23. The average molecular weight is 333 g/mol. The van der Waals surface area contributed by atoms with Gasteiger partial charge in [0.05, 0.1) is 6.54 Å². The van der Waals surface area contributed by atoms with E-state index in [4.69, 9.17) is 0 Å². The molecule has 1 aliphatic rings. The van der Waals surface area contributed by atoms with Gasteiger partial charge in [-0.3, -0.25) is 4.79 Å². The number of amides is 1. The standard InChI is InChI=1S/C17H19NO2S2/c19-16(13-8-9-21-11-13)15-7-6-14(22-15)10-18-17(20)12-4-2-1-3-5-12/h1-2,6-9,11-12,16,19H,3-5,10H2,(H,18,20)/t12-,16-/m1/s1. The maximum Gasteiger partial charge on any atom is 0.223 e. The molecule has 116 valence electrons. The first-order valence-electron chi connectivity index (χ1n) is 7.45. The van der Waals surface area contributed by atoms with Crippen molar-refractivity contribution in [2.24, 2.45) is 5.92 Å². The van der Waals surface area contributed by atoms with Crippen LogP contribution in [0.4, 0.5) is 0 Å². The lowest BCUT2D eigenvalue weighted by molar-refractivity contribution is -0.125. The van der Waals surface area contributed by atoms with Crippen molar-refractivity contribution in [1.29, 1.82) is 0 Å². The zero-order valence-electron chi connectivity index (χ0n) is 12.2. The Hall–Kier alpha value is -1.43. The van der Waals surface area contributed by atoms with E-state index in [1.54, 1.807) is 22.7 Å².